The number of thioether (sulfide) groups is 1. The summed E-state index contributed by atoms with van der Waals surface area (Å²) < 4.78 is 0. The quantitative estimate of drug-likeness (QED) is 0.749. The van der Waals surface area contributed by atoms with Gasteiger partial charge in [-0.1, -0.05) is 13.8 Å². The molecule has 6 heteroatoms. The maximum atomic E-state index is 11.8. The molecule has 1 rings (SSSR count). The number of carboxylic acids is 1. The van der Waals surface area contributed by atoms with Gasteiger partial charge in [-0.15, -0.1) is 0 Å². The van der Waals surface area contributed by atoms with Gasteiger partial charge in [-0.25, -0.2) is 4.79 Å². The van der Waals surface area contributed by atoms with Crippen molar-refractivity contribution in [3.63, 3.8) is 0 Å². The summed E-state index contributed by atoms with van der Waals surface area (Å²) in [5, 5.41) is 12.2. The highest BCUT2D eigenvalue weighted by molar-refractivity contribution is 8.00. The van der Waals surface area contributed by atoms with Crippen molar-refractivity contribution in [2.75, 3.05) is 19.6 Å². The van der Waals surface area contributed by atoms with E-state index in [0.717, 1.165) is 13.1 Å². The molecule has 0 bridgehead atoms. The fourth-order valence-electron chi connectivity index (χ4n) is 1.89. The third-order valence-electron chi connectivity index (χ3n) is 2.55. The van der Waals surface area contributed by atoms with Crippen LogP contribution in [0.2, 0.25) is 0 Å². The maximum absolute atomic E-state index is 11.8. The van der Waals surface area contributed by atoms with Crippen molar-refractivity contribution < 1.29 is 14.7 Å². The number of nitrogens with zero attached hydrogens (tertiary/aromatic N) is 1. The predicted molar refractivity (Wildman–Crippen MR) is 68.4 cm³/mol. The summed E-state index contributed by atoms with van der Waals surface area (Å²) in [6.45, 7) is 6.19. The molecule has 0 aromatic carbocycles. The van der Waals surface area contributed by atoms with Crippen LogP contribution in [0.25, 0.3) is 0 Å². The van der Waals surface area contributed by atoms with Gasteiger partial charge in [0.05, 0.1) is 0 Å². The molecule has 0 aromatic rings. The van der Waals surface area contributed by atoms with Crippen LogP contribution in [-0.4, -0.2) is 52.1 Å². The Kier molecular flexibility index (Phi) is 5.61. The fraction of sp³-hybridized carbons (Fsp3) is 0.818. The number of aliphatic carboxylic acids is 1. The van der Waals surface area contributed by atoms with E-state index in [-0.39, 0.29) is 12.5 Å². The van der Waals surface area contributed by atoms with Gasteiger partial charge in [-0.3, -0.25) is 4.79 Å². The molecule has 0 aromatic heterocycles. The van der Waals surface area contributed by atoms with E-state index in [1.807, 2.05) is 16.7 Å². The summed E-state index contributed by atoms with van der Waals surface area (Å²) in [7, 11) is 0. The number of carbonyl (C=O) groups is 2. The number of nitrogens with one attached hydrogen (secondary N) is 1. The lowest BCUT2D eigenvalue weighted by Crippen LogP contribution is -2.48. The molecular weight excluding hydrogens is 240 g/mol. The van der Waals surface area contributed by atoms with E-state index in [0.29, 0.717) is 23.5 Å². The average molecular weight is 260 g/mol. The predicted octanol–water partition coefficient (Wildman–Crippen LogP) is 1.39. The van der Waals surface area contributed by atoms with E-state index in [2.05, 4.69) is 19.2 Å². The fourth-order valence-corrected chi connectivity index (χ4v) is 3.22. The van der Waals surface area contributed by atoms with Crippen molar-refractivity contribution in [3.05, 3.63) is 0 Å². The number of hydrogen-bond donors (Lipinski definition) is 2. The van der Waals surface area contributed by atoms with Gasteiger partial charge in [0.25, 0.3) is 0 Å². The van der Waals surface area contributed by atoms with Gasteiger partial charge < -0.3 is 15.3 Å². The van der Waals surface area contributed by atoms with Crippen molar-refractivity contribution in [3.8, 4) is 0 Å². The zero-order valence-corrected chi connectivity index (χ0v) is 11.1. The molecular formula is C11H20N2O3S. The number of rotatable bonds is 4. The molecule has 0 saturated carbocycles. The van der Waals surface area contributed by atoms with Crippen molar-refractivity contribution in [1.82, 2.24) is 10.2 Å². The van der Waals surface area contributed by atoms with E-state index in [9.17, 15) is 9.59 Å². The molecule has 1 saturated heterocycles. The van der Waals surface area contributed by atoms with Crippen LogP contribution in [0.4, 0.5) is 4.79 Å². The summed E-state index contributed by atoms with van der Waals surface area (Å²) in [4.78, 5) is 23.9. The summed E-state index contributed by atoms with van der Waals surface area (Å²) in [6.07, 6.45) is 0.581. The van der Waals surface area contributed by atoms with Crippen LogP contribution in [0, 0.1) is 0 Å². The SMILES string of the molecule is CC1CN(C(=O)NCCCC(=O)O)CC(C)S1. The Morgan fingerprint density at radius 3 is 2.47 bits per heavy atom. The van der Waals surface area contributed by atoms with E-state index in [4.69, 9.17) is 5.11 Å². The highest BCUT2D eigenvalue weighted by Gasteiger charge is 2.25. The Hall–Kier alpha value is -0.910. The normalized spacial score (nSPS) is 24.5. The standard InChI is InChI=1S/C11H20N2O3S/c1-8-6-13(7-9(2)17-8)11(16)12-5-3-4-10(14)15/h8-9H,3-7H2,1-2H3,(H,12,16)(H,14,15). The largest absolute Gasteiger partial charge is 0.481 e. The smallest absolute Gasteiger partial charge is 0.317 e. The highest BCUT2D eigenvalue weighted by Crippen LogP contribution is 2.24. The minimum Gasteiger partial charge on any atom is -0.481 e. The molecule has 5 nitrogen and oxygen atoms in total. The van der Waals surface area contributed by atoms with Crippen molar-refractivity contribution in [2.45, 2.75) is 37.2 Å². The zero-order chi connectivity index (χ0) is 12.8. The van der Waals surface area contributed by atoms with E-state index in [1.54, 1.807) is 0 Å². The second kappa shape index (κ2) is 6.74. The molecule has 2 unspecified atom stereocenters. The molecule has 1 heterocycles. The van der Waals surface area contributed by atoms with Gasteiger partial charge in [0.2, 0.25) is 0 Å². The van der Waals surface area contributed by atoms with Crippen LogP contribution in [0.5, 0.6) is 0 Å². The second-order valence-corrected chi connectivity index (χ2v) is 6.27. The molecule has 98 valence electrons. The van der Waals surface area contributed by atoms with E-state index < -0.39 is 5.97 Å². The van der Waals surface area contributed by atoms with Gasteiger partial charge in [0.1, 0.15) is 0 Å². The first kappa shape index (κ1) is 14.2. The number of hydrogen-bond acceptors (Lipinski definition) is 3. The lowest BCUT2D eigenvalue weighted by molar-refractivity contribution is -0.137. The van der Waals surface area contributed by atoms with Gasteiger partial charge in [-0.05, 0) is 6.42 Å². The van der Waals surface area contributed by atoms with Crippen molar-refractivity contribution >= 4 is 23.8 Å². The van der Waals surface area contributed by atoms with Crippen LogP contribution < -0.4 is 5.32 Å². The topological polar surface area (TPSA) is 69.6 Å². The first-order valence-electron chi connectivity index (χ1n) is 5.89. The molecule has 2 amide bonds. The third kappa shape index (κ3) is 5.30. The molecule has 1 fully saturated rings. The Balaban J connectivity index is 2.24. The van der Waals surface area contributed by atoms with Gasteiger partial charge in [0.15, 0.2) is 0 Å². The number of amides is 2. The first-order chi connectivity index (χ1) is 7.99. The monoisotopic (exact) mass is 260 g/mol. The van der Waals surface area contributed by atoms with Crippen LogP contribution >= 0.6 is 11.8 Å². The first-order valence-corrected chi connectivity index (χ1v) is 6.83. The summed E-state index contributed by atoms with van der Waals surface area (Å²) in [5.41, 5.74) is 0. The van der Waals surface area contributed by atoms with E-state index in [1.165, 1.54) is 0 Å². The van der Waals surface area contributed by atoms with Crippen LogP contribution in [0.15, 0.2) is 0 Å². The number of carbonyl (C=O) groups excluding carboxylic acids is 1. The third-order valence-corrected chi connectivity index (χ3v) is 3.78. The number of urea groups is 1. The number of carboxylic acid groups (broad SMARTS) is 1. The van der Waals surface area contributed by atoms with Gasteiger partial charge in [-0.2, -0.15) is 11.8 Å². The molecule has 1 aliphatic heterocycles. The zero-order valence-electron chi connectivity index (χ0n) is 10.3. The Labute approximate surface area is 106 Å². The summed E-state index contributed by atoms with van der Waals surface area (Å²) in [6, 6.07) is -0.0746. The van der Waals surface area contributed by atoms with Crippen molar-refractivity contribution in [2.24, 2.45) is 0 Å². The minimum atomic E-state index is -0.823. The van der Waals surface area contributed by atoms with Crippen LogP contribution in [0.3, 0.4) is 0 Å². The van der Waals surface area contributed by atoms with Gasteiger partial charge >= 0.3 is 12.0 Å². The molecule has 17 heavy (non-hydrogen) atoms. The van der Waals surface area contributed by atoms with Crippen LogP contribution in [-0.2, 0) is 4.79 Å². The lowest BCUT2D eigenvalue weighted by Gasteiger charge is -2.34. The minimum absolute atomic E-state index is 0.0746. The Morgan fingerprint density at radius 2 is 1.94 bits per heavy atom. The maximum Gasteiger partial charge on any atom is 0.317 e. The van der Waals surface area contributed by atoms with Crippen LogP contribution in [0.1, 0.15) is 26.7 Å². The summed E-state index contributed by atoms with van der Waals surface area (Å²) >= 11 is 1.90. The van der Waals surface area contributed by atoms with Crippen molar-refractivity contribution in [1.29, 1.82) is 0 Å². The molecule has 2 N–H and O–H groups in total. The molecule has 0 spiro atoms. The van der Waals surface area contributed by atoms with E-state index >= 15 is 0 Å². The van der Waals surface area contributed by atoms with Gasteiger partial charge in [0, 0.05) is 36.6 Å². The highest BCUT2D eigenvalue weighted by atomic mass is 32.2. The Morgan fingerprint density at radius 1 is 1.35 bits per heavy atom. The Bertz CT molecular complexity index is 276. The summed E-state index contributed by atoms with van der Waals surface area (Å²) in [5.74, 6) is -0.823. The molecule has 0 aliphatic carbocycles. The molecule has 0 radical (unpaired) electrons. The molecule has 2 atom stereocenters. The molecule has 1 aliphatic rings. The average Bonchev–Trinajstić information content (AvgIpc) is 2.22. The lowest BCUT2D eigenvalue weighted by atomic mass is 10.3. The second-order valence-electron chi connectivity index (χ2n) is 4.39.